The van der Waals surface area contributed by atoms with Crippen LogP contribution in [0.1, 0.15) is 43.7 Å². The summed E-state index contributed by atoms with van der Waals surface area (Å²) in [5, 5.41) is 15.0. The third kappa shape index (κ3) is 5.06. The highest BCUT2D eigenvalue weighted by atomic mass is 35.5. The average molecular weight is 416 g/mol. The summed E-state index contributed by atoms with van der Waals surface area (Å²) >= 11 is 12.5. The second kappa shape index (κ2) is 10.3. The van der Waals surface area contributed by atoms with Crippen LogP contribution in [-0.4, -0.2) is 36.2 Å². The van der Waals surface area contributed by atoms with Gasteiger partial charge >= 0.3 is 0 Å². The lowest BCUT2D eigenvalue weighted by Crippen LogP contribution is -2.47. The van der Waals surface area contributed by atoms with Gasteiger partial charge in [-0.2, -0.15) is 0 Å². The zero-order chi connectivity index (χ0) is 15.5. The molecule has 0 radical (unpaired) electrons. The van der Waals surface area contributed by atoms with Gasteiger partial charge in [-0.05, 0) is 30.9 Å². The number of phenols is 1. The second-order valence-corrected chi connectivity index (χ2v) is 7.29. The molecule has 7 heteroatoms. The van der Waals surface area contributed by atoms with Crippen molar-refractivity contribution >= 4 is 48.0 Å². The van der Waals surface area contributed by atoms with Crippen molar-refractivity contribution in [3.05, 3.63) is 27.7 Å². The molecule has 1 heterocycles. The van der Waals surface area contributed by atoms with Gasteiger partial charge in [0.2, 0.25) is 0 Å². The highest BCUT2D eigenvalue weighted by molar-refractivity contribution is 6.35. The first kappa shape index (κ1) is 22.1. The molecule has 3 rings (SSSR count). The average Bonchev–Trinajstić information content (AvgIpc) is 2.52. The molecule has 0 spiro atoms. The summed E-state index contributed by atoms with van der Waals surface area (Å²) in [4.78, 5) is 2.49. The lowest BCUT2D eigenvalue weighted by molar-refractivity contribution is 0.101. The normalized spacial score (nSPS) is 20.8. The molecule has 0 bridgehead atoms. The van der Waals surface area contributed by atoms with Crippen molar-refractivity contribution < 1.29 is 5.11 Å². The van der Waals surface area contributed by atoms with Crippen molar-refractivity contribution in [1.82, 2.24) is 10.2 Å². The van der Waals surface area contributed by atoms with Crippen molar-refractivity contribution in [2.45, 2.75) is 38.1 Å². The Balaban J connectivity index is 0.00000144. The van der Waals surface area contributed by atoms with E-state index in [0.717, 1.165) is 31.7 Å². The van der Waals surface area contributed by atoms with Crippen molar-refractivity contribution in [1.29, 1.82) is 0 Å². The van der Waals surface area contributed by atoms with E-state index in [-0.39, 0.29) is 36.6 Å². The second-order valence-electron chi connectivity index (χ2n) is 6.45. The molecule has 1 aliphatic heterocycles. The van der Waals surface area contributed by atoms with E-state index in [0.29, 0.717) is 16.0 Å². The van der Waals surface area contributed by atoms with Crippen molar-refractivity contribution in [2.75, 3.05) is 26.2 Å². The molecule has 1 saturated carbocycles. The standard InChI is InChI=1S/C17H24Cl2N2O.2ClH/c18-13-10-14(19)16(15(22)11-13)17(12-4-2-1-3-5-12)21-8-6-20-7-9-21;;/h10-12,17,20,22H,1-9H2;2*1H/t17-;;/m1../s1. The van der Waals surface area contributed by atoms with Crippen LogP contribution >= 0.6 is 48.0 Å². The van der Waals surface area contributed by atoms with E-state index in [1.54, 1.807) is 12.1 Å². The molecule has 2 fully saturated rings. The molecule has 1 saturated heterocycles. The van der Waals surface area contributed by atoms with Gasteiger partial charge in [-0.15, -0.1) is 24.8 Å². The Bertz CT molecular complexity index is 476. The molecule has 3 nitrogen and oxygen atoms in total. The van der Waals surface area contributed by atoms with Gasteiger partial charge in [0.25, 0.3) is 0 Å². The summed E-state index contributed by atoms with van der Waals surface area (Å²) in [5.74, 6) is 0.808. The van der Waals surface area contributed by atoms with Gasteiger partial charge in [0, 0.05) is 42.8 Å². The maximum absolute atomic E-state index is 10.5. The smallest absolute Gasteiger partial charge is 0.123 e. The predicted molar refractivity (Wildman–Crippen MR) is 106 cm³/mol. The maximum atomic E-state index is 10.5. The highest BCUT2D eigenvalue weighted by Gasteiger charge is 2.34. The van der Waals surface area contributed by atoms with Crippen LogP contribution in [-0.2, 0) is 0 Å². The fourth-order valence-electron chi connectivity index (χ4n) is 3.99. The Morgan fingerprint density at radius 3 is 2.25 bits per heavy atom. The number of hydrogen-bond acceptors (Lipinski definition) is 3. The quantitative estimate of drug-likeness (QED) is 0.723. The molecule has 0 aromatic heterocycles. The zero-order valence-electron chi connectivity index (χ0n) is 13.6. The van der Waals surface area contributed by atoms with E-state index in [1.807, 2.05) is 0 Å². The fraction of sp³-hybridized carbons (Fsp3) is 0.647. The molecule has 2 aliphatic rings. The number of piperazine rings is 1. The molecule has 1 aromatic rings. The third-order valence-electron chi connectivity index (χ3n) is 5.01. The summed E-state index contributed by atoms with van der Waals surface area (Å²) in [5.41, 5.74) is 0.875. The van der Waals surface area contributed by atoms with E-state index in [9.17, 15) is 5.11 Å². The summed E-state index contributed by atoms with van der Waals surface area (Å²) in [6, 6.07) is 3.59. The molecular formula is C17H26Cl4N2O. The van der Waals surface area contributed by atoms with Crippen molar-refractivity contribution in [3.63, 3.8) is 0 Å². The molecule has 1 aromatic carbocycles. The first-order chi connectivity index (χ1) is 10.7. The van der Waals surface area contributed by atoms with Crippen LogP contribution in [0.4, 0.5) is 0 Å². The highest BCUT2D eigenvalue weighted by Crippen LogP contribution is 2.45. The number of benzene rings is 1. The summed E-state index contributed by atoms with van der Waals surface area (Å²) in [6.07, 6.45) is 6.31. The number of rotatable bonds is 3. The number of nitrogens with one attached hydrogen (secondary N) is 1. The van der Waals surface area contributed by atoms with Gasteiger partial charge in [0.15, 0.2) is 0 Å². The Hall–Kier alpha value is 0.1000. The van der Waals surface area contributed by atoms with E-state index in [2.05, 4.69) is 10.2 Å². The first-order valence-electron chi connectivity index (χ1n) is 8.29. The topological polar surface area (TPSA) is 35.5 Å². The molecular weight excluding hydrogens is 390 g/mol. The van der Waals surface area contributed by atoms with Crippen LogP contribution in [0.3, 0.4) is 0 Å². The van der Waals surface area contributed by atoms with Crippen LogP contribution in [0.25, 0.3) is 0 Å². The molecule has 0 amide bonds. The molecule has 2 N–H and O–H groups in total. The summed E-state index contributed by atoms with van der Waals surface area (Å²) < 4.78 is 0. The summed E-state index contributed by atoms with van der Waals surface area (Å²) in [7, 11) is 0. The Labute approximate surface area is 166 Å². The summed E-state index contributed by atoms with van der Waals surface area (Å²) in [6.45, 7) is 3.99. The van der Waals surface area contributed by atoms with E-state index < -0.39 is 0 Å². The number of halogens is 4. The number of hydrogen-bond donors (Lipinski definition) is 2. The van der Waals surface area contributed by atoms with Gasteiger partial charge in [0.05, 0.1) is 5.02 Å². The van der Waals surface area contributed by atoms with Crippen LogP contribution in [0, 0.1) is 5.92 Å². The largest absolute Gasteiger partial charge is 0.508 e. The molecule has 24 heavy (non-hydrogen) atoms. The molecule has 138 valence electrons. The monoisotopic (exact) mass is 414 g/mol. The molecule has 1 atom stereocenters. The van der Waals surface area contributed by atoms with Crippen LogP contribution in [0.2, 0.25) is 10.0 Å². The van der Waals surface area contributed by atoms with Crippen LogP contribution in [0.15, 0.2) is 12.1 Å². The van der Waals surface area contributed by atoms with E-state index in [4.69, 9.17) is 23.2 Å². The van der Waals surface area contributed by atoms with Gasteiger partial charge in [-0.25, -0.2) is 0 Å². The number of phenolic OH excluding ortho intramolecular Hbond substituents is 1. The van der Waals surface area contributed by atoms with Crippen molar-refractivity contribution in [2.24, 2.45) is 5.92 Å². The minimum atomic E-state index is 0. The van der Waals surface area contributed by atoms with E-state index in [1.165, 1.54) is 32.1 Å². The van der Waals surface area contributed by atoms with Gasteiger partial charge < -0.3 is 10.4 Å². The van der Waals surface area contributed by atoms with Crippen molar-refractivity contribution in [3.8, 4) is 5.75 Å². The minimum absolute atomic E-state index is 0. The first-order valence-corrected chi connectivity index (χ1v) is 9.05. The molecule has 0 unspecified atom stereocenters. The zero-order valence-corrected chi connectivity index (χ0v) is 16.8. The van der Waals surface area contributed by atoms with Gasteiger partial charge in [-0.1, -0.05) is 42.5 Å². The molecule has 1 aliphatic carbocycles. The van der Waals surface area contributed by atoms with Crippen LogP contribution in [0.5, 0.6) is 5.75 Å². The fourth-order valence-corrected chi connectivity index (χ4v) is 4.59. The Morgan fingerprint density at radius 2 is 1.67 bits per heavy atom. The lowest BCUT2D eigenvalue weighted by Gasteiger charge is -2.41. The number of nitrogens with zero attached hydrogens (tertiary/aromatic N) is 1. The predicted octanol–water partition coefficient (Wildman–Crippen LogP) is 5.07. The van der Waals surface area contributed by atoms with E-state index >= 15 is 0 Å². The minimum Gasteiger partial charge on any atom is -0.508 e. The SMILES string of the molecule is Cl.Cl.Oc1cc(Cl)cc(Cl)c1[C@@H](C1CCCCC1)N1CCNCC1. The van der Waals surface area contributed by atoms with Crippen LogP contribution < -0.4 is 5.32 Å². The Morgan fingerprint density at radius 1 is 1.04 bits per heavy atom. The third-order valence-corrected chi connectivity index (χ3v) is 5.54. The maximum Gasteiger partial charge on any atom is 0.123 e. The number of aromatic hydroxyl groups is 1. The lowest BCUT2D eigenvalue weighted by atomic mass is 9.80. The van der Waals surface area contributed by atoms with Gasteiger partial charge in [0.1, 0.15) is 5.75 Å². The van der Waals surface area contributed by atoms with Gasteiger partial charge in [-0.3, -0.25) is 4.90 Å². The Kier molecular flexibility index (Phi) is 9.50.